The average Bonchev–Trinajstić information content (AvgIpc) is 2.94. The molecule has 41 heavy (non-hydrogen) atoms. The number of esters is 1. The molecule has 1 heterocycles. The van der Waals surface area contributed by atoms with Crippen LogP contribution in [0, 0.1) is 12.7 Å². The molecule has 0 aliphatic heterocycles. The lowest BCUT2D eigenvalue weighted by Crippen LogP contribution is -2.30. The Hall–Kier alpha value is -3.36. The van der Waals surface area contributed by atoms with E-state index in [0.717, 1.165) is 10.0 Å². The molecular weight excluding hydrogens is 614 g/mol. The number of aromatic nitrogens is 1. The second-order valence-corrected chi connectivity index (χ2v) is 11.1. The summed E-state index contributed by atoms with van der Waals surface area (Å²) >= 11 is 9.85. The number of fused-ring (bicyclic) bond motifs is 1. The molecule has 0 spiro atoms. The van der Waals surface area contributed by atoms with Crippen LogP contribution in [-0.4, -0.2) is 29.8 Å². The number of hydrogen-bond donors (Lipinski definition) is 1. The molecule has 4 aromatic rings. The molecule has 1 N–H and O–H groups in total. The van der Waals surface area contributed by atoms with Gasteiger partial charge in [-0.2, -0.15) is 0 Å². The first-order chi connectivity index (χ1) is 19.7. The smallest absolute Gasteiger partial charge is 0.308 e. The molecule has 214 valence electrons. The van der Waals surface area contributed by atoms with Gasteiger partial charge in [-0.05, 0) is 55.7 Å². The number of carbonyl (C=O) groups is 2. The van der Waals surface area contributed by atoms with Crippen molar-refractivity contribution in [1.82, 2.24) is 10.3 Å². The lowest BCUT2D eigenvalue weighted by molar-refractivity contribution is -0.158. The predicted octanol–water partition coefficient (Wildman–Crippen LogP) is 8.70. The molecule has 2 atom stereocenters. The first kappa shape index (κ1) is 30.6. The van der Waals surface area contributed by atoms with Crippen LogP contribution in [0.2, 0.25) is 5.02 Å². The molecule has 0 saturated heterocycles. The molecule has 1 aromatic heterocycles. The largest absolute Gasteiger partial charge is 0.431 e. The van der Waals surface area contributed by atoms with Crippen LogP contribution in [-0.2, 0) is 9.53 Å². The molecule has 0 saturated carbocycles. The van der Waals surface area contributed by atoms with Gasteiger partial charge in [0.05, 0.1) is 16.8 Å². The topological polar surface area (TPSA) is 68.3 Å². The number of halogens is 4. The summed E-state index contributed by atoms with van der Waals surface area (Å²) in [6.45, 7) is 3.61. The third kappa shape index (κ3) is 7.49. The van der Waals surface area contributed by atoms with Gasteiger partial charge in [0.15, 0.2) is 0 Å². The van der Waals surface area contributed by atoms with Gasteiger partial charge in [0.25, 0.3) is 5.91 Å². The van der Waals surface area contributed by atoms with Crippen molar-refractivity contribution in [2.75, 3.05) is 6.54 Å². The molecule has 0 aliphatic carbocycles. The number of ether oxygens (including phenoxy) is 1. The highest BCUT2D eigenvalue weighted by Crippen LogP contribution is 2.33. The lowest BCUT2D eigenvalue weighted by Gasteiger charge is -2.21. The monoisotopic (exact) mass is 642 g/mol. The van der Waals surface area contributed by atoms with Crippen LogP contribution in [0.3, 0.4) is 0 Å². The first-order valence-electron chi connectivity index (χ1n) is 13.4. The van der Waals surface area contributed by atoms with Crippen molar-refractivity contribution in [2.45, 2.75) is 51.8 Å². The van der Waals surface area contributed by atoms with Gasteiger partial charge in [-0.1, -0.05) is 70.9 Å². The molecule has 0 fully saturated rings. The number of nitrogens with one attached hydrogen (secondary N) is 1. The van der Waals surface area contributed by atoms with Crippen molar-refractivity contribution >= 4 is 50.3 Å². The van der Waals surface area contributed by atoms with Crippen molar-refractivity contribution in [1.29, 1.82) is 0 Å². The Balaban J connectivity index is 1.65. The number of pyridine rings is 1. The highest BCUT2D eigenvalue weighted by Gasteiger charge is 2.25. The van der Waals surface area contributed by atoms with E-state index in [9.17, 15) is 18.4 Å². The van der Waals surface area contributed by atoms with E-state index in [-0.39, 0.29) is 42.3 Å². The number of benzene rings is 3. The Labute approximate surface area is 251 Å². The van der Waals surface area contributed by atoms with Gasteiger partial charge in [0.2, 0.25) is 6.36 Å². The Kier molecular flexibility index (Phi) is 10.5. The van der Waals surface area contributed by atoms with E-state index in [4.69, 9.17) is 21.3 Å². The van der Waals surface area contributed by atoms with Gasteiger partial charge >= 0.3 is 5.97 Å². The third-order valence-electron chi connectivity index (χ3n) is 6.85. The van der Waals surface area contributed by atoms with E-state index in [1.165, 1.54) is 12.1 Å². The summed E-state index contributed by atoms with van der Waals surface area (Å²) in [4.78, 5) is 30.9. The molecule has 2 unspecified atom stereocenters. The summed E-state index contributed by atoms with van der Waals surface area (Å²) in [7, 11) is 0. The highest BCUT2D eigenvalue weighted by atomic mass is 79.9. The van der Waals surface area contributed by atoms with Crippen LogP contribution >= 0.6 is 27.5 Å². The maximum absolute atomic E-state index is 15.0. The van der Waals surface area contributed by atoms with Crippen LogP contribution in [0.5, 0.6) is 0 Å². The summed E-state index contributed by atoms with van der Waals surface area (Å²) in [6, 6.07) is 19.4. The van der Waals surface area contributed by atoms with Gasteiger partial charge in [-0.15, -0.1) is 0 Å². The number of hydrogen-bond acceptors (Lipinski definition) is 4. The van der Waals surface area contributed by atoms with Crippen LogP contribution in [0.15, 0.2) is 71.2 Å². The molecule has 4 rings (SSSR count). The maximum Gasteiger partial charge on any atom is 0.308 e. The number of carbonyl (C=O) groups excluding carboxylic acids is 2. The summed E-state index contributed by atoms with van der Waals surface area (Å²) < 4.78 is 34.4. The quantitative estimate of drug-likeness (QED) is 0.166. The standard InChI is InChI=1S/C32H30BrClF2N2O3/c1-3-8-27(36)41-28(39)16-13-21(30-24(34)11-7-12-25(30)35)18-37-32(40)29-19(2)31(20-9-5-4-6-10-20)38-26-15-14-22(33)17-23(26)29/h4-7,9-12,14-15,17,21,27H,3,8,13,16,18H2,1-2H3,(H,37,40). The van der Waals surface area contributed by atoms with Crippen LogP contribution in [0.25, 0.3) is 22.2 Å². The molecule has 0 bridgehead atoms. The molecule has 0 aliphatic rings. The number of alkyl halides is 1. The van der Waals surface area contributed by atoms with Crippen LogP contribution in [0.1, 0.15) is 60.0 Å². The van der Waals surface area contributed by atoms with Crippen molar-refractivity contribution in [3.63, 3.8) is 0 Å². The maximum atomic E-state index is 15.0. The van der Waals surface area contributed by atoms with Gasteiger partial charge in [0.1, 0.15) is 5.82 Å². The first-order valence-corrected chi connectivity index (χ1v) is 14.6. The van der Waals surface area contributed by atoms with E-state index in [0.29, 0.717) is 34.1 Å². The molecule has 1 amide bonds. The fourth-order valence-electron chi connectivity index (χ4n) is 4.83. The Bertz CT molecular complexity index is 1530. The zero-order valence-corrected chi connectivity index (χ0v) is 25.1. The Morgan fingerprint density at radius 1 is 1.07 bits per heavy atom. The second-order valence-electron chi connectivity index (χ2n) is 9.76. The van der Waals surface area contributed by atoms with E-state index >= 15 is 0 Å². The Morgan fingerprint density at radius 2 is 1.83 bits per heavy atom. The number of rotatable bonds is 11. The van der Waals surface area contributed by atoms with E-state index in [1.54, 1.807) is 13.0 Å². The zero-order valence-electron chi connectivity index (χ0n) is 22.7. The molecule has 0 radical (unpaired) electrons. The van der Waals surface area contributed by atoms with Crippen LogP contribution < -0.4 is 5.32 Å². The number of nitrogens with zero attached hydrogens (tertiary/aromatic N) is 1. The van der Waals surface area contributed by atoms with Crippen molar-refractivity contribution < 1.29 is 23.1 Å². The van der Waals surface area contributed by atoms with E-state index < -0.39 is 24.1 Å². The van der Waals surface area contributed by atoms with Gasteiger partial charge in [-0.25, -0.2) is 13.8 Å². The SMILES string of the molecule is CCCC(F)OC(=O)CCC(CNC(=O)c1c(C)c(-c2ccccc2)nc2ccc(Br)cc12)c1c(F)cccc1Cl. The zero-order chi connectivity index (χ0) is 29.5. The molecule has 5 nitrogen and oxygen atoms in total. The van der Waals surface area contributed by atoms with E-state index in [2.05, 4.69) is 21.2 Å². The minimum absolute atomic E-state index is 0.0152. The van der Waals surface area contributed by atoms with Crippen molar-refractivity contribution in [2.24, 2.45) is 0 Å². The normalized spacial score (nSPS) is 12.6. The number of amides is 1. The minimum atomic E-state index is -1.69. The average molecular weight is 644 g/mol. The van der Waals surface area contributed by atoms with Gasteiger partial charge in [0, 0.05) is 51.3 Å². The molecular formula is C32H30BrClF2N2O3. The fraction of sp³-hybridized carbons (Fsp3) is 0.281. The molecule has 3 aromatic carbocycles. The third-order valence-corrected chi connectivity index (χ3v) is 7.68. The van der Waals surface area contributed by atoms with Gasteiger partial charge in [-0.3, -0.25) is 9.59 Å². The highest BCUT2D eigenvalue weighted by molar-refractivity contribution is 9.10. The summed E-state index contributed by atoms with van der Waals surface area (Å²) in [5.41, 5.74) is 3.49. The summed E-state index contributed by atoms with van der Waals surface area (Å²) in [6.07, 6.45) is -1.14. The van der Waals surface area contributed by atoms with Crippen molar-refractivity contribution in [3.8, 4) is 11.3 Å². The summed E-state index contributed by atoms with van der Waals surface area (Å²) in [5, 5.41) is 3.76. The minimum Gasteiger partial charge on any atom is -0.431 e. The Morgan fingerprint density at radius 3 is 2.54 bits per heavy atom. The van der Waals surface area contributed by atoms with Gasteiger partial charge < -0.3 is 10.1 Å². The summed E-state index contributed by atoms with van der Waals surface area (Å²) in [5.74, 6) is -2.33. The lowest BCUT2D eigenvalue weighted by atomic mass is 9.92. The van der Waals surface area contributed by atoms with Crippen LogP contribution in [0.4, 0.5) is 8.78 Å². The van der Waals surface area contributed by atoms with Crippen molar-refractivity contribution in [3.05, 3.63) is 98.7 Å². The molecule has 9 heteroatoms. The second kappa shape index (κ2) is 14.0. The fourth-order valence-corrected chi connectivity index (χ4v) is 5.51. The predicted molar refractivity (Wildman–Crippen MR) is 161 cm³/mol. The van der Waals surface area contributed by atoms with E-state index in [1.807, 2.05) is 55.5 Å².